The van der Waals surface area contributed by atoms with E-state index in [0.29, 0.717) is 31.7 Å². The van der Waals surface area contributed by atoms with Crippen molar-refractivity contribution in [1.29, 1.82) is 0 Å². The standard InChI is InChI=1S/C17H15N3O5S2/c1-24-12-5-10(6-13(8-12)25-2)18-16(21)9-26-17-19-14-4-3-11(20(22)23)7-15(14)27-17/h3-8H,9H2,1-2H3,(H,18,21). The Balaban J connectivity index is 1.65. The summed E-state index contributed by atoms with van der Waals surface area (Å²) in [5.74, 6) is 1.09. The number of hydrogen-bond acceptors (Lipinski definition) is 8. The molecule has 1 amide bonds. The number of thioether (sulfide) groups is 1. The van der Waals surface area contributed by atoms with Crippen molar-refractivity contribution < 1.29 is 19.2 Å². The second-order valence-electron chi connectivity index (χ2n) is 5.33. The minimum Gasteiger partial charge on any atom is -0.497 e. The maximum Gasteiger partial charge on any atom is 0.270 e. The summed E-state index contributed by atoms with van der Waals surface area (Å²) in [5.41, 5.74) is 1.26. The van der Waals surface area contributed by atoms with Crippen LogP contribution < -0.4 is 14.8 Å². The number of nitrogens with zero attached hydrogens (tertiary/aromatic N) is 2. The third kappa shape index (κ3) is 4.66. The molecular weight excluding hydrogens is 390 g/mol. The summed E-state index contributed by atoms with van der Waals surface area (Å²) in [6.45, 7) is 0. The van der Waals surface area contributed by atoms with Gasteiger partial charge < -0.3 is 14.8 Å². The smallest absolute Gasteiger partial charge is 0.270 e. The molecule has 3 aromatic rings. The zero-order valence-electron chi connectivity index (χ0n) is 14.4. The molecule has 0 saturated heterocycles. The maximum absolute atomic E-state index is 12.2. The summed E-state index contributed by atoms with van der Waals surface area (Å²) in [7, 11) is 3.07. The highest BCUT2D eigenvalue weighted by Crippen LogP contribution is 2.32. The predicted octanol–water partition coefficient (Wildman–Crippen LogP) is 3.95. The van der Waals surface area contributed by atoms with E-state index in [4.69, 9.17) is 9.47 Å². The highest BCUT2D eigenvalue weighted by Gasteiger charge is 2.12. The number of aromatic nitrogens is 1. The molecule has 0 aliphatic carbocycles. The first-order chi connectivity index (χ1) is 13.0. The third-order valence-corrected chi connectivity index (χ3v) is 5.69. The van der Waals surface area contributed by atoms with Crippen LogP contribution in [-0.2, 0) is 4.79 Å². The average molecular weight is 405 g/mol. The second-order valence-corrected chi connectivity index (χ2v) is 7.58. The monoisotopic (exact) mass is 405 g/mol. The quantitative estimate of drug-likeness (QED) is 0.360. The van der Waals surface area contributed by atoms with Crippen molar-refractivity contribution >= 4 is 50.6 Å². The fourth-order valence-electron chi connectivity index (χ4n) is 2.27. The van der Waals surface area contributed by atoms with E-state index in [0.717, 1.165) is 0 Å². The summed E-state index contributed by atoms with van der Waals surface area (Å²) >= 11 is 2.59. The van der Waals surface area contributed by atoms with Crippen LogP contribution in [-0.4, -0.2) is 35.8 Å². The predicted molar refractivity (Wildman–Crippen MR) is 105 cm³/mol. The number of fused-ring (bicyclic) bond motifs is 1. The molecule has 0 aliphatic rings. The lowest BCUT2D eigenvalue weighted by atomic mass is 10.2. The lowest BCUT2D eigenvalue weighted by Crippen LogP contribution is -2.14. The van der Waals surface area contributed by atoms with E-state index in [1.54, 1.807) is 24.3 Å². The molecule has 0 atom stereocenters. The first-order valence-electron chi connectivity index (χ1n) is 7.69. The van der Waals surface area contributed by atoms with Gasteiger partial charge in [-0.2, -0.15) is 0 Å². The Bertz CT molecular complexity index is 983. The number of carbonyl (C=O) groups is 1. The van der Waals surface area contributed by atoms with E-state index in [2.05, 4.69) is 10.3 Å². The minimum absolute atomic E-state index is 0.0208. The van der Waals surface area contributed by atoms with Crippen LogP contribution in [0.2, 0.25) is 0 Å². The van der Waals surface area contributed by atoms with Crippen molar-refractivity contribution in [2.45, 2.75) is 4.34 Å². The number of hydrogen-bond donors (Lipinski definition) is 1. The summed E-state index contributed by atoms with van der Waals surface area (Å²) in [4.78, 5) is 27.0. The van der Waals surface area contributed by atoms with Crippen molar-refractivity contribution in [1.82, 2.24) is 4.98 Å². The number of nitro groups is 1. The number of non-ortho nitro benzene ring substituents is 1. The van der Waals surface area contributed by atoms with Crippen LogP contribution in [0.15, 0.2) is 40.7 Å². The number of methoxy groups -OCH3 is 2. The Morgan fingerprint density at radius 1 is 1.22 bits per heavy atom. The van der Waals surface area contributed by atoms with Crippen LogP contribution in [0, 0.1) is 10.1 Å². The molecule has 0 bridgehead atoms. The molecule has 1 heterocycles. The maximum atomic E-state index is 12.2. The van der Waals surface area contributed by atoms with Gasteiger partial charge in [0.05, 0.1) is 35.1 Å². The highest BCUT2D eigenvalue weighted by molar-refractivity contribution is 8.01. The third-order valence-electron chi connectivity index (χ3n) is 3.53. The number of nitrogens with one attached hydrogen (secondary N) is 1. The number of benzene rings is 2. The number of nitro benzene ring substituents is 1. The topological polar surface area (TPSA) is 104 Å². The Hall–Kier alpha value is -2.85. The van der Waals surface area contributed by atoms with E-state index in [9.17, 15) is 14.9 Å². The van der Waals surface area contributed by atoms with Gasteiger partial charge in [0.2, 0.25) is 5.91 Å². The zero-order valence-corrected chi connectivity index (χ0v) is 16.1. The molecule has 1 aromatic heterocycles. The van der Waals surface area contributed by atoms with Crippen molar-refractivity contribution in [3.8, 4) is 11.5 Å². The Labute approximate surface area is 162 Å². The molecule has 0 spiro atoms. The fourth-order valence-corrected chi connectivity index (χ4v) is 4.17. The molecule has 0 fully saturated rings. The van der Waals surface area contributed by atoms with Gasteiger partial charge in [-0.1, -0.05) is 11.8 Å². The van der Waals surface area contributed by atoms with E-state index in [1.807, 2.05) is 0 Å². The van der Waals surface area contributed by atoms with Crippen molar-refractivity contribution in [2.24, 2.45) is 0 Å². The summed E-state index contributed by atoms with van der Waals surface area (Å²) < 4.78 is 11.7. The highest BCUT2D eigenvalue weighted by atomic mass is 32.2. The average Bonchev–Trinajstić information content (AvgIpc) is 3.08. The summed E-state index contributed by atoms with van der Waals surface area (Å²) in [5, 5.41) is 13.6. The molecule has 0 saturated carbocycles. The molecule has 10 heteroatoms. The van der Waals surface area contributed by atoms with Gasteiger partial charge in [0.1, 0.15) is 11.5 Å². The number of anilines is 1. The largest absolute Gasteiger partial charge is 0.497 e. The van der Waals surface area contributed by atoms with Gasteiger partial charge in [0, 0.05) is 36.0 Å². The minimum atomic E-state index is -0.443. The first kappa shape index (κ1) is 18.9. The lowest BCUT2D eigenvalue weighted by molar-refractivity contribution is -0.384. The molecule has 0 radical (unpaired) electrons. The van der Waals surface area contributed by atoms with Crippen LogP contribution in [0.25, 0.3) is 10.2 Å². The number of rotatable bonds is 7. The Kier molecular flexibility index (Phi) is 5.77. The van der Waals surface area contributed by atoms with Gasteiger partial charge in [-0.05, 0) is 6.07 Å². The molecule has 140 valence electrons. The van der Waals surface area contributed by atoms with Gasteiger partial charge in [-0.3, -0.25) is 14.9 Å². The van der Waals surface area contributed by atoms with E-state index < -0.39 is 4.92 Å². The normalized spacial score (nSPS) is 10.6. The number of ether oxygens (including phenoxy) is 2. The molecule has 3 rings (SSSR count). The number of amides is 1. The van der Waals surface area contributed by atoms with Crippen molar-refractivity contribution in [3.05, 3.63) is 46.5 Å². The SMILES string of the molecule is COc1cc(NC(=O)CSc2nc3ccc([N+](=O)[O-])cc3s2)cc(OC)c1. The summed E-state index contributed by atoms with van der Waals surface area (Å²) in [6.07, 6.45) is 0. The van der Waals surface area contributed by atoms with Crippen LogP contribution in [0.4, 0.5) is 11.4 Å². The van der Waals surface area contributed by atoms with Gasteiger partial charge in [-0.25, -0.2) is 4.98 Å². The number of thiazole rings is 1. The van der Waals surface area contributed by atoms with Gasteiger partial charge in [-0.15, -0.1) is 11.3 Å². The fraction of sp³-hybridized carbons (Fsp3) is 0.176. The van der Waals surface area contributed by atoms with Crippen LogP contribution in [0.1, 0.15) is 0 Å². The molecule has 2 aromatic carbocycles. The lowest BCUT2D eigenvalue weighted by Gasteiger charge is -2.09. The zero-order chi connectivity index (χ0) is 19.4. The van der Waals surface area contributed by atoms with Gasteiger partial charge in [0.15, 0.2) is 4.34 Å². The van der Waals surface area contributed by atoms with Gasteiger partial charge >= 0.3 is 0 Å². The Morgan fingerprint density at radius 2 is 1.93 bits per heavy atom. The van der Waals surface area contributed by atoms with Crippen LogP contribution in [0.3, 0.4) is 0 Å². The van der Waals surface area contributed by atoms with Crippen molar-refractivity contribution in [3.63, 3.8) is 0 Å². The van der Waals surface area contributed by atoms with Crippen molar-refractivity contribution in [2.75, 3.05) is 25.3 Å². The van der Waals surface area contributed by atoms with E-state index in [-0.39, 0.29) is 17.3 Å². The molecular formula is C17H15N3O5S2. The van der Waals surface area contributed by atoms with E-state index >= 15 is 0 Å². The van der Waals surface area contributed by atoms with Crippen LogP contribution in [0.5, 0.6) is 11.5 Å². The Morgan fingerprint density at radius 3 is 2.56 bits per heavy atom. The van der Waals surface area contributed by atoms with E-state index in [1.165, 1.54) is 49.5 Å². The van der Waals surface area contributed by atoms with Gasteiger partial charge in [0.25, 0.3) is 5.69 Å². The molecule has 0 aliphatic heterocycles. The summed E-state index contributed by atoms with van der Waals surface area (Å²) in [6, 6.07) is 9.62. The molecule has 1 N–H and O–H groups in total. The first-order valence-corrected chi connectivity index (χ1v) is 9.49. The number of carbonyl (C=O) groups excluding carboxylic acids is 1. The molecule has 8 nitrogen and oxygen atoms in total. The molecule has 0 unspecified atom stereocenters. The van der Waals surface area contributed by atoms with Crippen LogP contribution >= 0.6 is 23.1 Å². The molecule has 27 heavy (non-hydrogen) atoms. The second kappa shape index (κ2) is 8.23.